The molecule has 7 nitrogen and oxygen atoms in total. The minimum absolute atomic E-state index is 0.581. The smallest absolute Gasteiger partial charge is 0.326 e. The lowest BCUT2D eigenvalue weighted by molar-refractivity contribution is -0.145. The first-order valence-electron chi connectivity index (χ1n) is 6.30. The highest BCUT2D eigenvalue weighted by Crippen LogP contribution is 2.21. The van der Waals surface area contributed by atoms with Gasteiger partial charge in [-0.05, 0) is 31.9 Å². The third-order valence-electron chi connectivity index (χ3n) is 2.90. The van der Waals surface area contributed by atoms with Crippen molar-refractivity contribution in [3.63, 3.8) is 0 Å². The summed E-state index contributed by atoms with van der Waals surface area (Å²) in [6.45, 7) is 5.57. The molecule has 1 aromatic carbocycles. The van der Waals surface area contributed by atoms with Crippen LogP contribution in [-0.4, -0.2) is 34.2 Å². The Balaban J connectivity index is 2.82. The standard InChI is InChI=1S/C14H18N2O5/c1-7-4-8(2)12(9(3)5-7)16-14(21)15-10(13(19)20)6-11(17)18/h4-5,10H,6H2,1-3H3,(H,17,18)(H,19,20)(H2,15,16,21). The predicted octanol–water partition coefficient (Wildman–Crippen LogP) is 1.66. The van der Waals surface area contributed by atoms with E-state index in [-0.39, 0.29) is 0 Å². The van der Waals surface area contributed by atoms with Gasteiger partial charge in [0.1, 0.15) is 6.04 Å². The maximum Gasteiger partial charge on any atom is 0.326 e. The molecule has 1 atom stereocenters. The fraction of sp³-hybridized carbons (Fsp3) is 0.357. The molecule has 0 aromatic heterocycles. The third kappa shape index (κ3) is 4.79. The molecule has 1 rings (SSSR count). The van der Waals surface area contributed by atoms with E-state index in [4.69, 9.17) is 10.2 Å². The van der Waals surface area contributed by atoms with Crippen molar-refractivity contribution in [2.45, 2.75) is 33.2 Å². The molecule has 0 aliphatic rings. The Bertz CT molecular complexity index is 560. The van der Waals surface area contributed by atoms with Gasteiger partial charge in [-0.25, -0.2) is 9.59 Å². The maximum atomic E-state index is 11.8. The minimum Gasteiger partial charge on any atom is -0.481 e. The van der Waals surface area contributed by atoms with Crippen LogP contribution in [-0.2, 0) is 9.59 Å². The number of anilines is 1. The largest absolute Gasteiger partial charge is 0.481 e. The van der Waals surface area contributed by atoms with E-state index in [0.29, 0.717) is 5.69 Å². The fourth-order valence-electron chi connectivity index (χ4n) is 2.06. The van der Waals surface area contributed by atoms with Crippen LogP contribution in [0.2, 0.25) is 0 Å². The summed E-state index contributed by atoms with van der Waals surface area (Å²) < 4.78 is 0. The van der Waals surface area contributed by atoms with Crippen LogP contribution in [0, 0.1) is 20.8 Å². The van der Waals surface area contributed by atoms with Crippen molar-refractivity contribution in [1.29, 1.82) is 0 Å². The molecule has 2 amide bonds. The van der Waals surface area contributed by atoms with Gasteiger partial charge in [0, 0.05) is 5.69 Å². The van der Waals surface area contributed by atoms with Crippen molar-refractivity contribution < 1.29 is 24.6 Å². The highest BCUT2D eigenvalue weighted by Gasteiger charge is 2.23. The first-order valence-corrected chi connectivity index (χ1v) is 6.30. The highest BCUT2D eigenvalue weighted by atomic mass is 16.4. The van der Waals surface area contributed by atoms with Crippen LogP contribution in [0.4, 0.5) is 10.5 Å². The number of aliphatic carboxylic acids is 2. The van der Waals surface area contributed by atoms with E-state index in [0.717, 1.165) is 16.7 Å². The van der Waals surface area contributed by atoms with Gasteiger partial charge in [-0.2, -0.15) is 0 Å². The number of amides is 2. The Labute approximate surface area is 122 Å². The molecular formula is C14H18N2O5. The number of nitrogens with one attached hydrogen (secondary N) is 2. The van der Waals surface area contributed by atoms with Gasteiger partial charge in [0.2, 0.25) is 0 Å². The zero-order valence-electron chi connectivity index (χ0n) is 12.1. The molecule has 0 fully saturated rings. The van der Waals surface area contributed by atoms with Crippen LogP contribution in [0.15, 0.2) is 12.1 Å². The topological polar surface area (TPSA) is 116 Å². The van der Waals surface area contributed by atoms with Crippen molar-refractivity contribution in [2.75, 3.05) is 5.32 Å². The van der Waals surface area contributed by atoms with Crippen molar-refractivity contribution in [3.05, 3.63) is 28.8 Å². The molecule has 7 heteroatoms. The number of urea groups is 1. The molecule has 0 saturated heterocycles. The normalized spacial score (nSPS) is 11.6. The van der Waals surface area contributed by atoms with Crippen LogP contribution in [0.3, 0.4) is 0 Å². The van der Waals surface area contributed by atoms with Crippen LogP contribution in [0.25, 0.3) is 0 Å². The molecule has 0 radical (unpaired) electrons. The molecule has 114 valence electrons. The number of carbonyl (C=O) groups is 3. The lowest BCUT2D eigenvalue weighted by Crippen LogP contribution is -2.44. The highest BCUT2D eigenvalue weighted by molar-refractivity contribution is 5.94. The quantitative estimate of drug-likeness (QED) is 0.659. The molecule has 0 aliphatic carbocycles. The van der Waals surface area contributed by atoms with Gasteiger partial charge in [-0.1, -0.05) is 17.7 Å². The summed E-state index contributed by atoms with van der Waals surface area (Å²) in [4.78, 5) is 33.3. The van der Waals surface area contributed by atoms with Crippen molar-refractivity contribution in [1.82, 2.24) is 5.32 Å². The molecule has 0 bridgehead atoms. The average molecular weight is 294 g/mol. The number of carboxylic acid groups (broad SMARTS) is 2. The average Bonchev–Trinajstić information content (AvgIpc) is 2.32. The molecular weight excluding hydrogens is 276 g/mol. The number of hydrogen-bond acceptors (Lipinski definition) is 3. The molecule has 0 saturated carbocycles. The van der Waals surface area contributed by atoms with Crippen molar-refractivity contribution >= 4 is 23.7 Å². The SMILES string of the molecule is Cc1cc(C)c(NC(=O)NC(CC(=O)O)C(=O)O)c(C)c1. The Morgan fingerprint density at radius 1 is 1.10 bits per heavy atom. The third-order valence-corrected chi connectivity index (χ3v) is 2.90. The second-order valence-corrected chi connectivity index (χ2v) is 4.86. The summed E-state index contributed by atoms with van der Waals surface area (Å²) in [5.41, 5.74) is 3.31. The van der Waals surface area contributed by atoms with E-state index in [1.54, 1.807) is 0 Å². The molecule has 4 N–H and O–H groups in total. The van der Waals surface area contributed by atoms with E-state index in [1.165, 1.54) is 0 Å². The predicted molar refractivity (Wildman–Crippen MR) is 76.5 cm³/mol. The van der Waals surface area contributed by atoms with Crippen molar-refractivity contribution in [3.8, 4) is 0 Å². The van der Waals surface area contributed by atoms with Gasteiger partial charge in [0.15, 0.2) is 0 Å². The van der Waals surface area contributed by atoms with Crippen molar-refractivity contribution in [2.24, 2.45) is 0 Å². The number of carboxylic acids is 2. The Morgan fingerprint density at radius 3 is 2.05 bits per heavy atom. The second kappa shape index (κ2) is 6.74. The first kappa shape index (κ1) is 16.5. The first-order chi connectivity index (χ1) is 9.70. The van der Waals surface area contributed by atoms with Crippen LogP contribution < -0.4 is 10.6 Å². The zero-order valence-corrected chi connectivity index (χ0v) is 12.1. The van der Waals surface area contributed by atoms with E-state index >= 15 is 0 Å². The lowest BCUT2D eigenvalue weighted by atomic mass is 10.1. The Hall–Kier alpha value is -2.57. The van der Waals surface area contributed by atoms with Gasteiger partial charge >= 0.3 is 18.0 Å². The molecule has 0 spiro atoms. The number of benzene rings is 1. The van der Waals surface area contributed by atoms with Gasteiger partial charge in [-0.3, -0.25) is 4.79 Å². The molecule has 1 aromatic rings. The summed E-state index contributed by atoms with van der Waals surface area (Å²) in [6, 6.07) is 1.54. The molecule has 0 aliphatic heterocycles. The van der Waals surface area contributed by atoms with E-state index < -0.39 is 30.4 Å². The zero-order chi connectivity index (χ0) is 16.2. The number of rotatable bonds is 5. The Kier molecular flexibility index (Phi) is 5.29. The van der Waals surface area contributed by atoms with Gasteiger partial charge in [0.05, 0.1) is 6.42 Å². The molecule has 1 unspecified atom stereocenters. The minimum atomic E-state index is -1.48. The monoisotopic (exact) mass is 294 g/mol. The summed E-state index contributed by atoms with van der Waals surface area (Å²) >= 11 is 0. The number of carbonyl (C=O) groups excluding carboxylic acids is 1. The van der Waals surface area contributed by atoms with Crippen LogP contribution in [0.1, 0.15) is 23.1 Å². The van der Waals surface area contributed by atoms with Crippen LogP contribution >= 0.6 is 0 Å². The number of aryl methyl sites for hydroxylation is 3. The lowest BCUT2D eigenvalue weighted by Gasteiger charge is -2.16. The Morgan fingerprint density at radius 2 is 1.62 bits per heavy atom. The number of hydrogen-bond donors (Lipinski definition) is 4. The van der Waals surface area contributed by atoms with Gasteiger partial charge < -0.3 is 20.8 Å². The van der Waals surface area contributed by atoms with Gasteiger partial charge in [-0.15, -0.1) is 0 Å². The second-order valence-electron chi connectivity index (χ2n) is 4.86. The van der Waals surface area contributed by atoms with Gasteiger partial charge in [0.25, 0.3) is 0 Å². The van der Waals surface area contributed by atoms with E-state index in [1.807, 2.05) is 32.9 Å². The fourth-order valence-corrected chi connectivity index (χ4v) is 2.06. The molecule has 21 heavy (non-hydrogen) atoms. The maximum absolute atomic E-state index is 11.8. The van der Waals surface area contributed by atoms with Crippen LogP contribution in [0.5, 0.6) is 0 Å². The summed E-state index contributed by atoms with van der Waals surface area (Å²) in [7, 11) is 0. The van der Waals surface area contributed by atoms with E-state index in [9.17, 15) is 14.4 Å². The summed E-state index contributed by atoms with van der Waals surface area (Å²) in [5, 5.41) is 22.2. The van der Waals surface area contributed by atoms with E-state index in [2.05, 4.69) is 10.6 Å². The summed E-state index contributed by atoms with van der Waals surface area (Å²) in [5.74, 6) is -2.70. The molecule has 0 heterocycles. The summed E-state index contributed by atoms with van der Waals surface area (Å²) in [6.07, 6.45) is -0.686.